The molecule has 4 heterocycles. The molecule has 12 heteroatoms. The normalized spacial score (nSPS) is 15.6. The highest BCUT2D eigenvalue weighted by Gasteiger charge is 2.25. The summed E-state index contributed by atoms with van der Waals surface area (Å²) in [5.41, 5.74) is 0.00303. The molecule has 0 amide bonds. The number of thioether (sulfide) groups is 1. The molecule has 2 atom stereocenters. The van der Waals surface area contributed by atoms with Crippen LogP contribution < -0.4 is 4.72 Å². The van der Waals surface area contributed by atoms with E-state index in [0.717, 1.165) is 39.3 Å². The predicted molar refractivity (Wildman–Crippen MR) is 149 cm³/mol. The maximum atomic E-state index is 15.5. The van der Waals surface area contributed by atoms with Gasteiger partial charge < -0.3 is 4.98 Å². The molecule has 1 aliphatic heterocycles. The molecule has 0 aliphatic carbocycles. The molecule has 3 aromatic heterocycles. The van der Waals surface area contributed by atoms with Crippen LogP contribution in [-0.4, -0.2) is 31.9 Å². The summed E-state index contributed by atoms with van der Waals surface area (Å²) in [6, 6.07) is 12.6. The van der Waals surface area contributed by atoms with E-state index in [-0.39, 0.29) is 21.5 Å². The molecule has 0 fully saturated rings. The summed E-state index contributed by atoms with van der Waals surface area (Å²) >= 11 is 3.30. The van der Waals surface area contributed by atoms with Crippen molar-refractivity contribution in [1.82, 2.24) is 9.97 Å². The van der Waals surface area contributed by atoms with Crippen LogP contribution in [0.3, 0.4) is 0 Å². The number of nitrogens with one attached hydrogen (secondary N) is 2. The van der Waals surface area contributed by atoms with Crippen molar-refractivity contribution in [2.45, 2.75) is 10.3 Å². The van der Waals surface area contributed by atoms with Gasteiger partial charge in [-0.15, -0.1) is 23.1 Å². The highest BCUT2D eigenvalue weighted by atomic mass is 32.2. The Balaban J connectivity index is 1.33. The van der Waals surface area contributed by atoms with E-state index in [4.69, 9.17) is 0 Å². The van der Waals surface area contributed by atoms with E-state index >= 15 is 4.39 Å². The Labute approximate surface area is 231 Å². The van der Waals surface area contributed by atoms with Crippen molar-refractivity contribution >= 4 is 62.8 Å². The Morgan fingerprint density at radius 2 is 1.97 bits per heavy atom. The first-order valence-electron chi connectivity index (χ1n) is 11.6. The third-order valence-corrected chi connectivity index (χ3v) is 9.49. The van der Waals surface area contributed by atoms with Crippen molar-refractivity contribution in [3.63, 3.8) is 0 Å². The Morgan fingerprint density at radius 1 is 1.10 bits per heavy atom. The molecular formula is C27H17F3N4O2S3. The lowest BCUT2D eigenvalue weighted by atomic mass is 10.0. The van der Waals surface area contributed by atoms with E-state index in [0.29, 0.717) is 11.0 Å². The monoisotopic (exact) mass is 582 g/mol. The first kappa shape index (κ1) is 25.5. The zero-order valence-electron chi connectivity index (χ0n) is 19.8. The Morgan fingerprint density at radius 3 is 2.77 bits per heavy atom. The molecule has 0 bridgehead atoms. The third kappa shape index (κ3) is 4.90. The van der Waals surface area contributed by atoms with Gasteiger partial charge in [0.15, 0.2) is 5.82 Å². The molecule has 0 saturated carbocycles. The second kappa shape index (κ2) is 10.4. The van der Waals surface area contributed by atoms with Crippen LogP contribution in [0.1, 0.15) is 26.2 Å². The fraction of sp³-hybridized carbons (Fsp3) is 0.0741. The number of pyridine rings is 1. The van der Waals surface area contributed by atoms with Crippen LogP contribution in [-0.2, 0) is 11.0 Å². The van der Waals surface area contributed by atoms with Gasteiger partial charge in [-0.3, -0.25) is 14.5 Å². The van der Waals surface area contributed by atoms with E-state index in [2.05, 4.69) is 19.7 Å². The number of thiophene rings is 1. The van der Waals surface area contributed by atoms with Crippen LogP contribution in [0, 0.1) is 17.5 Å². The van der Waals surface area contributed by atoms with E-state index in [1.165, 1.54) is 24.4 Å². The minimum atomic E-state index is -2.05. The molecule has 1 aliphatic rings. The molecule has 2 aromatic carbocycles. The number of benzene rings is 2. The largest absolute Gasteiger partial charge is 0.345 e. The fourth-order valence-electron chi connectivity index (χ4n) is 4.15. The van der Waals surface area contributed by atoms with Crippen molar-refractivity contribution < 1.29 is 22.2 Å². The van der Waals surface area contributed by atoms with E-state index < -0.39 is 39.8 Å². The standard InChI is InChI=1S/C27H17F3N4O2S3/c28-15-2-1-3-16(11-15)39(36)34-20-5-4-19(29)23(24(20)30)25(35)18-13-33-26-17(18)10-14(12-32-26)21-6-7-22(38-21)27-31-8-9-37-27/h1-8,10-13,27,34H,9H2,(H,32,33). The topological polar surface area (TPSA) is 87.2 Å². The molecule has 2 N–H and O–H groups in total. The number of aromatic amines is 1. The number of fused-ring (bicyclic) bond motifs is 1. The average molecular weight is 583 g/mol. The minimum absolute atomic E-state index is 0.0354. The molecule has 39 heavy (non-hydrogen) atoms. The van der Waals surface area contributed by atoms with Gasteiger partial charge in [0.05, 0.1) is 16.1 Å². The second-order valence-electron chi connectivity index (χ2n) is 8.48. The Hall–Kier alpha value is -3.74. The van der Waals surface area contributed by atoms with Crippen LogP contribution in [0.15, 0.2) is 76.9 Å². The second-order valence-corrected chi connectivity index (χ2v) is 11.9. The number of aromatic nitrogens is 2. The van der Waals surface area contributed by atoms with Gasteiger partial charge in [0.2, 0.25) is 5.78 Å². The number of anilines is 1. The molecule has 5 aromatic rings. The predicted octanol–water partition coefficient (Wildman–Crippen LogP) is 6.89. The number of carbonyl (C=O) groups excluding carboxylic acids is 1. The summed E-state index contributed by atoms with van der Waals surface area (Å²) < 4.78 is 58.8. The van der Waals surface area contributed by atoms with Gasteiger partial charge in [0.1, 0.15) is 33.6 Å². The van der Waals surface area contributed by atoms with Gasteiger partial charge in [0.25, 0.3) is 0 Å². The molecule has 196 valence electrons. The first-order chi connectivity index (χ1) is 18.9. The number of nitrogens with zero attached hydrogens (tertiary/aromatic N) is 2. The van der Waals surface area contributed by atoms with Crippen molar-refractivity contribution in [2.24, 2.45) is 4.99 Å². The zero-order chi connectivity index (χ0) is 27.1. The highest BCUT2D eigenvalue weighted by Crippen LogP contribution is 2.40. The Bertz CT molecular complexity index is 1800. The summed E-state index contributed by atoms with van der Waals surface area (Å²) in [6.07, 6.45) is 4.92. The molecule has 0 radical (unpaired) electrons. The van der Waals surface area contributed by atoms with Crippen molar-refractivity contribution in [1.29, 1.82) is 0 Å². The summed E-state index contributed by atoms with van der Waals surface area (Å²) in [5.74, 6) is -2.93. The van der Waals surface area contributed by atoms with Gasteiger partial charge >= 0.3 is 0 Å². The molecule has 0 spiro atoms. The summed E-state index contributed by atoms with van der Waals surface area (Å²) in [6.45, 7) is 0. The fourth-order valence-corrected chi connectivity index (χ4v) is 7.09. The van der Waals surface area contributed by atoms with Crippen LogP contribution in [0.25, 0.3) is 21.5 Å². The molecule has 2 unspecified atom stereocenters. The van der Waals surface area contributed by atoms with Gasteiger partial charge in [-0.2, -0.15) is 0 Å². The van der Waals surface area contributed by atoms with E-state index in [9.17, 15) is 17.8 Å². The van der Waals surface area contributed by atoms with Gasteiger partial charge in [-0.1, -0.05) is 6.07 Å². The van der Waals surface area contributed by atoms with Crippen LogP contribution in [0.5, 0.6) is 0 Å². The van der Waals surface area contributed by atoms with Crippen LogP contribution in [0.2, 0.25) is 0 Å². The molecule has 0 saturated heterocycles. The van der Waals surface area contributed by atoms with Gasteiger partial charge in [-0.05, 0) is 48.5 Å². The lowest BCUT2D eigenvalue weighted by molar-refractivity contribution is 0.103. The number of hydrogen-bond donors (Lipinski definition) is 2. The summed E-state index contributed by atoms with van der Waals surface area (Å²) in [5, 5.41) is 0.466. The molecule has 6 nitrogen and oxygen atoms in total. The highest BCUT2D eigenvalue weighted by molar-refractivity contribution is 8.00. The average Bonchev–Trinajstić information content (AvgIpc) is 3.70. The number of aliphatic imine (C=N–C) groups is 1. The summed E-state index contributed by atoms with van der Waals surface area (Å²) in [7, 11) is -2.05. The van der Waals surface area contributed by atoms with Gasteiger partial charge in [0, 0.05) is 50.6 Å². The number of ketones is 1. The number of halogens is 3. The molecule has 6 rings (SSSR count). The molecular weight excluding hydrogens is 566 g/mol. The maximum Gasteiger partial charge on any atom is 0.201 e. The van der Waals surface area contributed by atoms with Crippen molar-refractivity contribution in [2.75, 3.05) is 10.5 Å². The number of hydrogen-bond acceptors (Lipinski definition) is 6. The van der Waals surface area contributed by atoms with E-state index in [1.807, 2.05) is 18.3 Å². The SMILES string of the molecule is O=C(c1c(F)ccc(NS(=O)c2cccc(F)c2)c1F)c1c[nH]c2ncc(-c3ccc(C4N=CCS4)s3)cc12. The van der Waals surface area contributed by atoms with Gasteiger partial charge in [-0.25, -0.2) is 22.4 Å². The third-order valence-electron chi connectivity index (χ3n) is 6.03. The first-order valence-corrected chi connectivity index (χ1v) is 14.6. The number of rotatable bonds is 7. The Kier molecular flexibility index (Phi) is 6.83. The van der Waals surface area contributed by atoms with Crippen molar-refractivity contribution in [3.05, 3.63) is 100 Å². The van der Waals surface area contributed by atoms with Crippen LogP contribution in [0.4, 0.5) is 18.9 Å². The van der Waals surface area contributed by atoms with Crippen LogP contribution >= 0.6 is 23.1 Å². The number of H-pyrrole nitrogens is 1. The quantitative estimate of drug-likeness (QED) is 0.205. The lowest BCUT2D eigenvalue weighted by Crippen LogP contribution is -2.12. The number of carbonyl (C=O) groups is 1. The smallest absolute Gasteiger partial charge is 0.201 e. The maximum absolute atomic E-state index is 15.5. The minimum Gasteiger partial charge on any atom is -0.345 e. The van der Waals surface area contributed by atoms with Crippen molar-refractivity contribution in [3.8, 4) is 10.4 Å². The summed E-state index contributed by atoms with van der Waals surface area (Å²) in [4.78, 5) is 27.3. The van der Waals surface area contributed by atoms with E-state index in [1.54, 1.807) is 35.4 Å². The lowest BCUT2D eigenvalue weighted by Gasteiger charge is -2.11. The zero-order valence-corrected chi connectivity index (χ0v) is 22.2.